The van der Waals surface area contributed by atoms with Crippen LogP contribution in [0, 0.1) is 5.92 Å². The number of rotatable bonds is 18. The van der Waals surface area contributed by atoms with Crippen LogP contribution in [0.25, 0.3) is 0 Å². The smallest absolute Gasteiger partial charge is 0.000473 e. The summed E-state index contributed by atoms with van der Waals surface area (Å²) in [7, 11) is 0. The summed E-state index contributed by atoms with van der Waals surface area (Å²) < 4.78 is 1.34. The fraction of sp³-hybridized carbons (Fsp3) is 1.00. The van der Waals surface area contributed by atoms with Crippen molar-refractivity contribution in [2.45, 2.75) is 123 Å². The summed E-state index contributed by atoms with van der Waals surface area (Å²) in [6, 6.07) is 0. The summed E-state index contributed by atoms with van der Waals surface area (Å²) >= 11 is 2.49. The van der Waals surface area contributed by atoms with Crippen LogP contribution in [0.2, 0.25) is 0 Å². The monoisotopic (exact) mass is 422 g/mol. The van der Waals surface area contributed by atoms with Crippen molar-refractivity contribution < 1.29 is 0 Å². The first-order valence-corrected chi connectivity index (χ1v) is 11.9. The second kappa shape index (κ2) is 19.8. The normalized spacial score (nSPS) is 12.7. The van der Waals surface area contributed by atoms with Gasteiger partial charge in [-0.3, -0.25) is 0 Å². The number of halogens is 1. The first-order chi connectivity index (χ1) is 10.8. The molecule has 0 spiro atoms. The average Bonchev–Trinajstić information content (AvgIpc) is 2.52. The van der Waals surface area contributed by atoms with Crippen LogP contribution in [0.15, 0.2) is 0 Å². The Balaban J connectivity index is 3.11. The van der Waals surface area contributed by atoms with E-state index in [1.165, 1.54) is 114 Å². The van der Waals surface area contributed by atoms with Gasteiger partial charge in [0.15, 0.2) is 0 Å². The predicted molar refractivity (Wildman–Crippen MR) is 112 cm³/mol. The molecule has 0 saturated heterocycles. The molecule has 1 atom stereocenters. The van der Waals surface area contributed by atoms with Crippen molar-refractivity contribution in [2.75, 3.05) is 4.43 Å². The molecule has 0 aliphatic carbocycles. The van der Waals surface area contributed by atoms with Crippen LogP contribution in [0.1, 0.15) is 123 Å². The second-order valence-corrected chi connectivity index (χ2v) is 8.40. The lowest BCUT2D eigenvalue weighted by Crippen LogP contribution is -1.95. The predicted octanol–water partition coefficient (Wildman–Crippen LogP) is 8.71. The first-order valence-electron chi connectivity index (χ1n) is 10.4. The van der Waals surface area contributed by atoms with Gasteiger partial charge in [-0.1, -0.05) is 139 Å². The fourth-order valence-corrected chi connectivity index (χ4v) is 3.78. The zero-order valence-electron chi connectivity index (χ0n) is 15.7. The number of unbranched alkanes of at least 4 members (excludes halogenated alkanes) is 13. The van der Waals surface area contributed by atoms with E-state index in [4.69, 9.17) is 0 Å². The molecule has 0 bridgehead atoms. The molecule has 0 heterocycles. The largest absolute Gasteiger partial charge is 0.0864 e. The van der Waals surface area contributed by atoms with Gasteiger partial charge in [-0.2, -0.15) is 0 Å². The molecule has 22 heavy (non-hydrogen) atoms. The Kier molecular flexibility index (Phi) is 20.4. The third kappa shape index (κ3) is 18.8. The molecular weight excluding hydrogens is 379 g/mol. The van der Waals surface area contributed by atoms with E-state index >= 15 is 0 Å². The highest BCUT2D eigenvalue weighted by Gasteiger charge is 2.02. The second-order valence-electron chi connectivity index (χ2n) is 7.32. The molecule has 0 N–H and O–H groups in total. The van der Waals surface area contributed by atoms with Gasteiger partial charge in [0.05, 0.1) is 0 Å². The minimum absolute atomic E-state index is 0.972. The van der Waals surface area contributed by atoms with Crippen LogP contribution in [-0.2, 0) is 0 Å². The van der Waals surface area contributed by atoms with Gasteiger partial charge in [0.25, 0.3) is 0 Å². The minimum atomic E-state index is 0.972. The summed E-state index contributed by atoms with van der Waals surface area (Å²) in [5, 5.41) is 0. The molecule has 0 saturated carbocycles. The number of hydrogen-bond donors (Lipinski definition) is 0. The van der Waals surface area contributed by atoms with Gasteiger partial charge >= 0.3 is 0 Å². The van der Waals surface area contributed by atoms with Crippen LogP contribution in [0.4, 0.5) is 0 Å². The van der Waals surface area contributed by atoms with Crippen molar-refractivity contribution in [2.24, 2.45) is 5.92 Å². The molecule has 0 aromatic rings. The van der Waals surface area contributed by atoms with E-state index in [2.05, 4.69) is 36.4 Å². The standard InChI is InChI=1S/C21H43I/c1-3-4-5-6-9-12-15-18-21(2)19-16-13-10-7-8-11-14-17-20-22/h21H,3-20H2,1-2H3. The summed E-state index contributed by atoms with van der Waals surface area (Å²) in [6.45, 7) is 4.77. The van der Waals surface area contributed by atoms with Gasteiger partial charge in [0, 0.05) is 0 Å². The van der Waals surface area contributed by atoms with E-state index in [1.807, 2.05) is 0 Å². The van der Waals surface area contributed by atoms with Crippen LogP contribution in [0.5, 0.6) is 0 Å². The van der Waals surface area contributed by atoms with Crippen molar-refractivity contribution in [3.05, 3.63) is 0 Å². The molecule has 1 unspecified atom stereocenters. The molecule has 0 aromatic carbocycles. The molecule has 0 aromatic heterocycles. The highest BCUT2D eigenvalue weighted by molar-refractivity contribution is 14.1. The summed E-state index contributed by atoms with van der Waals surface area (Å²) in [4.78, 5) is 0. The maximum atomic E-state index is 2.49. The van der Waals surface area contributed by atoms with Crippen LogP contribution in [-0.4, -0.2) is 4.43 Å². The van der Waals surface area contributed by atoms with E-state index in [0.29, 0.717) is 0 Å². The lowest BCUT2D eigenvalue weighted by molar-refractivity contribution is 0.430. The third-order valence-corrected chi connectivity index (χ3v) is 5.64. The minimum Gasteiger partial charge on any atom is -0.0864 e. The van der Waals surface area contributed by atoms with Crippen LogP contribution in [0.3, 0.4) is 0 Å². The molecule has 0 rings (SSSR count). The zero-order chi connectivity index (χ0) is 16.3. The van der Waals surface area contributed by atoms with Gasteiger partial charge in [-0.15, -0.1) is 0 Å². The zero-order valence-corrected chi connectivity index (χ0v) is 17.8. The van der Waals surface area contributed by atoms with Crippen molar-refractivity contribution in [3.8, 4) is 0 Å². The van der Waals surface area contributed by atoms with Gasteiger partial charge in [0.1, 0.15) is 0 Å². The number of hydrogen-bond acceptors (Lipinski definition) is 0. The molecule has 0 nitrogen and oxygen atoms in total. The van der Waals surface area contributed by atoms with Crippen LogP contribution >= 0.6 is 22.6 Å². The maximum Gasteiger partial charge on any atom is -0.000473 e. The van der Waals surface area contributed by atoms with Gasteiger partial charge in [-0.05, 0) is 16.8 Å². The van der Waals surface area contributed by atoms with Crippen molar-refractivity contribution in [1.29, 1.82) is 0 Å². The Morgan fingerprint density at radius 3 is 1.32 bits per heavy atom. The van der Waals surface area contributed by atoms with Gasteiger partial charge < -0.3 is 0 Å². The summed E-state index contributed by atoms with van der Waals surface area (Å²) in [5.74, 6) is 0.972. The fourth-order valence-electron chi connectivity index (χ4n) is 3.24. The van der Waals surface area contributed by atoms with Crippen molar-refractivity contribution in [1.82, 2.24) is 0 Å². The van der Waals surface area contributed by atoms with Crippen LogP contribution < -0.4 is 0 Å². The Morgan fingerprint density at radius 2 is 0.909 bits per heavy atom. The highest BCUT2D eigenvalue weighted by atomic mass is 127. The summed E-state index contributed by atoms with van der Waals surface area (Å²) in [6.07, 6.45) is 24.9. The van der Waals surface area contributed by atoms with E-state index in [1.54, 1.807) is 0 Å². The van der Waals surface area contributed by atoms with Crippen molar-refractivity contribution in [3.63, 3.8) is 0 Å². The molecular formula is C21H43I. The highest BCUT2D eigenvalue weighted by Crippen LogP contribution is 2.18. The third-order valence-electron chi connectivity index (χ3n) is 4.88. The Hall–Kier alpha value is 0.730. The Morgan fingerprint density at radius 1 is 0.545 bits per heavy atom. The van der Waals surface area contributed by atoms with E-state index < -0.39 is 0 Å². The molecule has 0 fully saturated rings. The van der Waals surface area contributed by atoms with Crippen molar-refractivity contribution >= 4 is 22.6 Å². The quantitative estimate of drug-likeness (QED) is 0.118. The Labute approximate surface area is 155 Å². The molecule has 0 aliphatic heterocycles. The van der Waals surface area contributed by atoms with Gasteiger partial charge in [0.2, 0.25) is 0 Å². The number of alkyl halides is 1. The molecule has 1 heteroatoms. The molecule has 0 radical (unpaired) electrons. The first kappa shape index (κ1) is 22.7. The molecule has 134 valence electrons. The SMILES string of the molecule is CCCCCCCCCC(C)CCCCCCCCCCI. The topological polar surface area (TPSA) is 0 Å². The maximum absolute atomic E-state index is 2.49. The lowest BCUT2D eigenvalue weighted by atomic mass is 9.96. The summed E-state index contributed by atoms with van der Waals surface area (Å²) in [5.41, 5.74) is 0. The molecule has 0 aliphatic rings. The van der Waals surface area contributed by atoms with E-state index in [0.717, 1.165) is 5.92 Å². The van der Waals surface area contributed by atoms with E-state index in [-0.39, 0.29) is 0 Å². The lowest BCUT2D eigenvalue weighted by Gasteiger charge is -2.11. The Bertz CT molecular complexity index is 190. The van der Waals surface area contributed by atoms with Gasteiger partial charge in [-0.25, -0.2) is 0 Å². The molecule has 0 amide bonds. The average molecular weight is 422 g/mol. The van der Waals surface area contributed by atoms with E-state index in [9.17, 15) is 0 Å².